The van der Waals surface area contributed by atoms with E-state index in [1.807, 2.05) is 0 Å². The maximum atomic E-state index is 11.2. The first-order chi connectivity index (χ1) is 9.69. The Labute approximate surface area is 119 Å². The number of aliphatic carboxylic acids is 1. The molecule has 1 aromatic rings. The lowest BCUT2D eigenvalue weighted by Gasteiger charge is -2.16. The Hall–Kier alpha value is -1.84. The van der Waals surface area contributed by atoms with Crippen molar-refractivity contribution in [1.29, 1.82) is 0 Å². The summed E-state index contributed by atoms with van der Waals surface area (Å²) in [5.74, 6) is -0.648. The quantitative estimate of drug-likeness (QED) is 0.523. The predicted octanol–water partition coefficient (Wildman–Crippen LogP) is 3.69. The smallest absolute Gasteiger partial charge is 0.344 e. The van der Waals surface area contributed by atoms with Gasteiger partial charge in [0, 0.05) is 0 Å². The van der Waals surface area contributed by atoms with E-state index in [1.54, 1.807) is 24.3 Å². The number of hydrogen-bond acceptors (Lipinski definition) is 3. The SMILES string of the molecule is CCCCCCCC(Oc1ccccc1C=O)C(=O)O. The summed E-state index contributed by atoms with van der Waals surface area (Å²) in [6, 6.07) is 6.68. The molecule has 20 heavy (non-hydrogen) atoms. The van der Waals surface area contributed by atoms with E-state index in [9.17, 15) is 14.7 Å². The van der Waals surface area contributed by atoms with E-state index in [-0.39, 0.29) is 0 Å². The summed E-state index contributed by atoms with van der Waals surface area (Å²) in [7, 11) is 0. The maximum Gasteiger partial charge on any atom is 0.344 e. The maximum absolute atomic E-state index is 11.2. The van der Waals surface area contributed by atoms with E-state index in [1.165, 1.54) is 6.42 Å². The Balaban J connectivity index is 2.54. The van der Waals surface area contributed by atoms with Crippen LogP contribution in [0.15, 0.2) is 24.3 Å². The molecule has 0 amide bonds. The molecule has 1 aromatic carbocycles. The number of rotatable bonds is 10. The Bertz CT molecular complexity index is 428. The molecule has 0 heterocycles. The number of ether oxygens (including phenoxy) is 1. The molecule has 0 aromatic heterocycles. The number of aldehydes is 1. The number of carbonyl (C=O) groups is 2. The summed E-state index contributed by atoms with van der Waals surface area (Å²) in [5.41, 5.74) is 0.379. The highest BCUT2D eigenvalue weighted by Crippen LogP contribution is 2.19. The normalized spacial score (nSPS) is 11.8. The number of benzene rings is 1. The topological polar surface area (TPSA) is 63.6 Å². The summed E-state index contributed by atoms with van der Waals surface area (Å²) in [5, 5.41) is 9.19. The zero-order valence-electron chi connectivity index (χ0n) is 11.9. The number of hydrogen-bond donors (Lipinski definition) is 1. The van der Waals surface area contributed by atoms with Crippen molar-refractivity contribution in [3.63, 3.8) is 0 Å². The van der Waals surface area contributed by atoms with Gasteiger partial charge >= 0.3 is 5.97 Å². The minimum absolute atomic E-state index is 0.337. The average molecular weight is 278 g/mol. The molecule has 4 heteroatoms. The largest absolute Gasteiger partial charge is 0.479 e. The van der Waals surface area contributed by atoms with Crippen LogP contribution in [0.2, 0.25) is 0 Å². The highest BCUT2D eigenvalue weighted by Gasteiger charge is 2.20. The van der Waals surface area contributed by atoms with Gasteiger partial charge in [0.15, 0.2) is 12.4 Å². The molecule has 0 saturated heterocycles. The molecule has 1 atom stereocenters. The van der Waals surface area contributed by atoms with Gasteiger partial charge in [-0.15, -0.1) is 0 Å². The molecule has 0 aliphatic carbocycles. The van der Waals surface area contributed by atoms with Crippen LogP contribution in [-0.2, 0) is 4.79 Å². The van der Waals surface area contributed by atoms with E-state index in [0.717, 1.165) is 25.7 Å². The van der Waals surface area contributed by atoms with E-state index >= 15 is 0 Å². The van der Waals surface area contributed by atoms with Crippen LogP contribution in [0.5, 0.6) is 5.75 Å². The minimum Gasteiger partial charge on any atom is -0.479 e. The predicted molar refractivity (Wildman–Crippen MR) is 77.3 cm³/mol. The first-order valence-electron chi connectivity index (χ1n) is 7.12. The molecule has 0 aliphatic heterocycles. The number of unbranched alkanes of at least 4 members (excludes halogenated alkanes) is 4. The first-order valence-corrected chi connectivity index (χ1v) is 7.12. The fourth-order valence-electron chi connectivity index (χ4n) is 2.00. The molecule has 110 valence electrons. The van der Waals surface area contributed by atoms with Crippen LogP contribution >= 0.6 is 0 Å². The fraction of sp³-hybridized carbons (Fsp3) is 0.500. The first kappa shape index (κ1) is 16.2. The number of carboxylic acids is 1. The number of para-hydroxylation sites is 1. The zero-order chi connectivity index (χ0) is 14.8. The molecule has 0 spiro atoms. The third-order valence-corrected chi connectivity index (χ3v) is 3.16. The third kappa shape index (κ3) is 5.43. The Morgan fingerprint density at radius 1 is 1.25 bits per heavy atom. The Morgan fingerprint density at radius 2 is 1.95 bits per heavy atom. The van der Waals surface area contributed by atoms with Gasteiger partial charge in [-0.25, -0.2) is 4.79 Å². The summed E-state index contributed by atoms with van der Waals surface area (Å²) in [6.07, 6.45) is 5.53. The van der Waals surface area contributed by atoms with Crippen LogP contribution in [0.3, 0.4) is 0 Å². The van der Waals surface area contributed by atoms with Crippen molar-refractivity contribution in [3.8, 4) is 5.75 Å². The molecular weight excluding hydrogens is 256 g/mol. The monoisotopic (exact) mass is 278 g/mol. The molecule has 0 radical (unpaired) electrons. The highest BCUT2D eigenvalue weighted by atomic mass is 16.5. The van der Waals surface area contributed by atoms with E-state index in [0.29, 0.717) is 24.0 Å². The standard InChI is InChI=1S/C16H22O4/c1-2-3-4-5-6-11-15(16(18)19)20-14-10-8-7-9-13(14)12-17/h7-10,12,15H,2-6,11H2,1H3,(H,18,19). The van der Waals surface area contributed by atoms with Crippen molar-refractivity contribution in [2.45, 2.75) is 51.6 Å². The van der Waals surface area contributed by atoms with Gasteiger partial charge in [-0.1, -0.05) is 44.7 Å². The van der Waals surface area contributed by atoms with Crippen molar-refractivity contribution in [2.75, 3.05) is 0 Å². The second-order valence-corrected chi connectivity index (χ2v) is 4.80. The van der Waals surface area contributed by atoms with Crippen LogP contribution in [0.1, 0.15) is 55.8 Å². The van der Waals surface area contributed by atoms with Gasteiger partial charge < -0.3 is 9.84 Å². The average Bonchev–Trinajstić information content (AvgIpc) is 2.46. The van der Waals surface area contributed by atoms with Crippen molar-refractivity contribution >= 4 is 12.3 Å². The van der Waals surface area contributed by atoms with Crippen molar-refractivity contribution in [2.24, 2.45) is 0 Å². The molecule has 1 rings (SSSR count). The molecule has 1 N–H and O–H groups in total. The van der Waals surface area contributed by atoms with Crippen LogP contribution in [-0.4, -0.2) is 23.5 Å². The van der Waals surface area contributed by atoms with Crippen LogP contribution in [0.4, 0.5) is 0 Å². The second-order valence-electron chi connectivity index (χ2n) is 4.80. The van der Waals surface area contributed by atoms with Crippen LogP contribution in [0.25, 0.3) is 0 Å². The van der Waals surface area contributed by atoms with Crippen molar-refractivity contribution in [3.05, 3.63) is 29.8 Å². The molecule has 1 unspecified atom stereocenters. The van der Waals surface area contributed by atoms with Gasteiger partial charge in [0.2, 0.25) is 0 Å². The second kappa shape index (κ2) is 9.13. The third-order valence-electron chi connectivity index (χ3n) is 3.16. The zero-order valence-corrected chi connectivity index (χ0v) is 11.9. The molecule has 0 aliphatic rings. The van der Waals surface area contributed by atoms with Gasteiger partial charge in [0.25, 0.3) is 0 Å². The Kier molecular flexibility index (Phi) is 7.40. The summed E-state index contributed by atoms with van der Waals surface area (Å²) < 4.78 is 5.47. The van der Waals surface area contributed by atoms with E-state index < -0.39 is 12.1 Å². The molecule has 4 nitrogen and oxygen atoms in total. The van der Waals surface area contributed by atoms with Crippen LogP contribution < -0.4 is 4.74 Å². The lowest BCUT2D eigenvalue weighted by Crippen LogP contribution is -2.27. The lowest BCUT2D eigenvalue weighted by atomic mass is 10.1. The molecule has 0 fully saturated rings. The summed E-state index contributed by atoms with van der Waals surface area (Å²) in [6.45, 7) is 2.14. The van der Waals surface area contributed by atoms with Gasteiger partial charge in [-0.2, -0.15) is 0 Å². The lowest BCUT2D eigenvalue weighted by molar-refractivity contribution is -0.145. The number of carboxylic acid groups (broad SMARTS) is 1. The van der Waals surface area contributed by atoms with Gasteiger partial charge in [0.1, 0.15) is 5.75 Å². The van der Waals surface area contributed by atoms with Gasteiger partial charge in [-0.05, 0) is 25.0 Å². The van der Waals surface area contributed by atoms with Crippen molar-refractivity contribution in [1.82, 2.24) is 0 Å². The highest BCUT2D eigenvalue weighted by molar-refractivity contribution is 5.80. The van der Waals surface area contributed by atoms with E-state index in [2.05, 4.69) is 6.92 Å². The summed E-state index contributed by atoms with van der Waals surface area (Å²) in [4.78, 5) is 22.1. The Morgan fingerprint density at radius 3 is 2.60 bits per heavy atom. The van der Waals surface area contributed by atoms with Crippen LogP contribution in [0, 0.1) is 0 Å². The molecule has 0 bridgehead atoms. The molecule has 0 saturated carbocycles. The van der Waals surface area contributed by atoms with Crippen molar-refractivity contribution < 1.29 is 19.4 Å². The van der Waals surface area contributed by atoms with E-state index in [4.69, 9.17) is 4.74 Å². The fourth-order valence-corrected chi connectivity index (χ4v) is 2.00. The molecular formula is C16H22O4. The minimum atomic E-state index is -0.985. The van der Waals surface area contributed by atoms with Gasteiger partial charge in [0.05, 0.1) is 5.56 Å². The number of carbonyl (C=O) groups excluding carboxylic acids is 1. The van der Waals surface area contributed by atoms with Gasteiger partial charge in [-0.3, -0.25) is 4.79 Å². The summed E-state index contributed by atoms with van der Waals surface area (Å²) >= 11 is 0.